The molecule has 4 nitrogen and oxygen atoms in total. The van der Waals surface area contributed by atoms with Gasteiger partial charge in [0.15, 0.2) is 0 Å². The molecule has 0 spiro atoms. The predicted molar refractivity (Wildman–Crippen MR) is 67.9 cm³/mol. The van der Waals surface area contributed by atoms with E-state index in [9.17, 15) is 0 Å². The van der Waals surface area contributed by atoms with Crippen LogP contribution in [0.15, 0.2) is 52.7 Å². The van der Waals surface area contributed by atoms with Gasteiger partial charge in [-0.1, -0.05) is 0 Å². The van der Waals surface area contributed by atoms with Crippen molar-refractivity contribution < 1.29 is 5.11 Å². The third-order valence-electron chi connectivity index (χ3n) is 2.38. The number of rotatable bonds is 2. The number of anilines is 1. The van der Waals surface area contributed by atoms with Gasteiger partial charge < -0.3 is 10.8 Å². The zero-order valence-corrected chi connectivity index (χ0v) is 9.46. The lowest BCUT2D eigenvalue weighted by atomic mass is 10.2. The van der Waals surface area contributed by atoms with E-state index in [0.29, 0.717) is 5.69 Å². The van der Waals surface area contributed by atoms with Gasteiger partial charge in [0.1, 0.15) is 5.75 Å². The summed E-state index contributed by atoms with van der Waals surface area (Å²) in [5.41, 5.74) is 8.88. The molecule has 0 fully saturated rings. The van der Waals surface area contributed by atoms with Crippen LogP contribution >= 0.6 is 0 Å². The Morgan fingerprint density at radius 3 is 2.18 bits per heavy atom. The fourth-order valence-corrected chi connectivity index (χ4v) is 1.36. The van der Waals surface area contributed by atoms with Gasteiger partial charge in [0.25, 0.3) is 0 Å². The lowest BCUT2D eigenvalue weighted by molar-refractivity contribution is 0.475. The van der Waals surface area contributed by atoms with Crippen molar-refractivity contribution in [1.82, 2.24) is 0 Å². The summed E-state index contributed by atoms with van der Waals surface area (Å²) in [4.78, 5) is 0. The van der Waals surface area contributed by atoms with E-state index in [-0.39, 0.29) is 5.75 Å². The SMILES string of the molecule is Cc1cc(/N=N/c2ccc(O)cc2)ccc1N. The molecule has 4 heteroatoms. The second-order valence-corrected chi connectivity index (χ2v) is 3.76. The van der Waals surface area contributed by atoms with Gasteiger partial charge in [-0.05, 0) is 55.0 Å². The first kappa shape index (κ1) is 11.1. The number of hydrogen-bond donors (Lipinski definition) is 2. The minimum Gasteiger partial charge on any atom is -0.508 e. The molecule has 2 aromatic rings. The maximum atomic E-state index is 9.12. The number of nitrogens with zero attached hydrogens (tertiary/aromatic N) is 2. The molecular formula is C13H13N3O. The van der Waals surface area contributed by atoms with Gasteiger partial charge in [0.05, 0.1) is 11.4 Å². The summed E-state index contributed by atoms with van der Waals surface area (Å²) in [7, 11) is 0. The van der Waals surface area contributed by atoms with Gasteiger partial charge in [0, 0.05) is 5.69 Å². The molecule has 17 heavy (non-hydrogen) atoms. The smallest absolute Gasteiger partial charge is 0.115 e. The Kier molecular flexibility index (Phi) is 3.05. The number of azo groups is 1. The van der Waals surface area contributed by atoms with E-state index in [1.807, 2.05) is 19.1 Å². The molecule has 0 amide bonds. The lowest BCUT2D eigenvalue weighted by Gasteiger charge is -1.99. The molecule has 0 radical (unpaired) electrons. The van der Waals surface area contributed by atoms with Crippen molar-refractivity contribution in [3.05, 3.63) is 48.0 Å². The number of nitrogen functional groups attached to an aromatic ring is 1. The van der Waals surface area contributed by atoms with Crippen LogP contribution in [0.3, 0.4) is 0 Å². The minimum atomic E-state index is 0.215. The molecule has 2 aromatic carbocycles. The minimum absolute atomic E-state index is 0.215. The topological polar surface area (TPSA) is 71.0 Å². The zero-order chi connectivity index (χ0) is 12.3. The standard InChI is InChI=1S/C13H13N3O/c1-9-8-11(4-7-13(9)14)16-15-10-2-5-12(17)6-3-10/h2-8,17H,14H2,1H3/b16-15+. The Labute approximate surface area is 99.4 Å². The van der Waals surface area contributed by atoms with Crippen LogP contribution in [0.5, 0.6) is 5.75 Å². The van der Waals surface area contributed by atoms with Crippen molar-refractivity contribution in [2.24, 2.45) is 10.2 Å². The summed E-state index contributed by atoms with van der Waals surface area (Å²) >= 11 is 0. The number of aromatic hydroxyl groups is 1. The maximum Gasteiger partial charge on any atom is 0.115 e. The Morgan fingerprint density at radius 2 is 1.53 bits per heavy atom. The summed E-state index contributed by atoms with van der Waals surface area (Å²) in [6.45, 7) is 1.93. The third-order valence-corrected chi connectivity index (χ3v) is 2.38. The predicted octanol–water partition coefficient (Wildman–Crippen LogP) is 3.70. The first-order valence-corrected chi connectivity index (χ1v) is 5.22. The second kappa shape index (κ2) is 4.65. The molecule has 86 valence electrons. The molecule has 0 unspecified atom stereocenters. The van der Waals surface area contributed by atoms with Crippen molar-refractivity contribution in [1.29, 1.82) is 0 Å². The highest BCUT2D eigenvalue weighted by Gasteiger charge is 1.95. The van der Waals surface area contributed by atoms with Crippen LogP contribution in [-0.4, -0.2) is 5.11 Å². The van der Waals surface area contributed by atoms with Crippen molar-refractivity contribution in [3.63, 3.8) is 0 Å². The van der Waals surface area contributed by atoms with Crippen LogP contribution < -0.4 is 5.73 Å². The van der Waals surface area contributed by atoms with Crippen LogP contribution in [0, 0.1) is 6.92 Å². The molecule has 0 aliphatic heterocycles. The van der Waals surface area contributed by atoms with E-state index in [4.69, 9.17) is 10.8 Å². The highest BCUT2D eigenvalue weighted by molar-refractivity contribution is 5.54. The average molecular weight is 227 g/mol. The fraction of sp³-hybridized carbons (Fsp3) is 0.0769. The van der Waals surface area contributed by atoms with E-state index < -0.39 is 0 Å². The third kappa shape index (κ3) is 2.81. The van der Waals surface area contributed by atoms with Gasteiger partial charge in [-0.2, -0.15) is 10.2 Å². The van der Waals surface area contributed by atoms with Gasteiger partial charge in [-0.15, -0.1) is 0 Å². The zero-order valence-electron chi connectivity index (χ0n) is 9.46. The van der Waals surface area contributed by atoms with Crippen LogP contribution in [0.4, 0.5) is 17.1 Å². The number of phenols is 1. The number of aryl methyl sites for hydroxylation is 1. The van der Waals surface area contributed by atoms with Crippen LogP contribution in [0.1, 0.15) is 5.56 Å². The van der Waals surface area contributed by atoms with Crippen LogP contribution in [0.2, 0.25) is 0 Å². The fourth-order valence-electron chi connectivity index (χ4n) is 1.36. The highest BCUT2D eigenvalue weighted by atomic mass is 16.3. The maximum absolute atomic E-state index is 9.12. The molecule has 0 bridgehead atoms. The molecule has 0 aromatic heterocycles. The van der Waals surface area contributed by atoms with Crippen LogP contribution in [-0.2, 0) is 0 Å². The molecule has 0 aliphatic carbocycles. The quantitative estimate of drug-likeness (QED) is 0.606. The Morgan fingerprint density at radius 1 is 0.941 bits per heavy atom. The first-order valence-electron chi connectivity index (χ1n) is 5.22. The number of benzene rings is 2. The molecule has 0 atom stereocenters. The Bertz CT molecular complexity index is 547. The molecule has 0 saturated heterocycles. The summed E-state index contributed by atoms with van der Waals surface area (Å²) in [6.07, 6.45) is 0. The van der Waals surface area contributed by atoms with Gasteiger partial charge in [0.2, 0.25) is 0 Å². The highest BCUT2D eigenvalue weighted by Crippen LogP contribution is 2.23. The lowest BCUT2D eigenvalue weighted by Crippen LogP contribution is -1.86. The van der Waals surface area contributed by atoms with Gasteiger partial charge in [-0.3, -0.25) is 0 Å². The molecule has 0 heterocycles. The van der Waals surface area contributed by atoms with Crippen molar-refractivity contribution in [3.8, 4) is 5.75 Å². The van der Waals surface area contributed by atoms with E-state index in [1.165, 1.54) is 0 Å². The van der Waals surface area contributed by atoms with Gasteiger partial charge >= 0.3 is 0 Å². The van der Waals surface area contributed by atoms with Crippen molar-refractivity contribution in [2.45, 2.75) is 6.92 Å². The Balaban J connectivity index is 2.20. The number of phenolic OH excluding ortho intramolecular Hbond substituents is 1. The normalized spacial score (nSPS) is 10.9. The molecule has 0 aliphatic rings. The molecule has 0 saturated carbocycles. The second-order valence-electron chi connectivity index (χ2n) is 3.76. The average Bonchev–Trinajstić information content (AvgIpc) is 2.33. The summed E-state index contributed by atoms with van der Waals surface area (Å²) in [5, 5.41) is 17.3. The summed E-state index contributed by atoms with van der Waals surface area (Å²) < 4.78 is 0. The number of hydrogen-bond acceptors (Lipinski definition) is 4. The van der Waals surface area contributed by atoms with E-state index in [2.05, 4.69) is 10.2 Å². The first-order chi connectivity index (χ1) is 8.15. The van der Waals surface area contributed by atoms with Crippen LogP contribution in [0.25, 0.3) is 0 Å². The van der Waals surface area contributed by atoms with E-state index in [0.717, 1.165) is 16.9 Å². The largest absolute Gasteiger partial charge is 0.508 e. The molecule has 2 rings (SSSR count). The summed E-state index contributed by atoms with van der Waals surface area (Å²) in [5.74, 6) is 0.215. The van der Waals surface area contributed by atoms with E-state index >= 15 is 0 Å². The Hall–Kier alpha value is -2.36. The molecular weight excluding hydrogens is 214 g/mol. The van der Waals surface area contributed by atoms with Crippen molar-refractivity contribution in [2.75, 3.05) is 5.73 Å². The van der Waals surface area contributed by atoms with E-state index in [1.54, 1.807) is 30.3 Å². The van der Waals surface area contributed by atoms with Crippen molar-refractivity contribution >= 4 is 17.1 Å². The monoisotopic (exact) mass is 227 g/mol. The number of nitrogens with two attached hydrogens (primary N) is 1. The van der Waals surface area contributed by atoms with Gasteiger partial charge in [-0.25, -0.2) is 0 Å². The molecule has 3 N–H and O–H groups in total. The summed E-state index contributed by atoms with van der Waals surface area (Å²) in [6, 6.07) is 12.0.